The Morgan fingerprint density at radius 1 is 1.18 bits per heavy atom. The third-order valence-corrected chi connectivity index (χ3v) is 4.22. The lowest BCUT2D eigenvalue weighted by Crippen LogP contribution is -2.31. The van der Waals surface area contributed by atoms with Gasteiger partial charge in [0.25, 0.3) is 11.5 Å². The van der Waals surface area contributed by atoms with Crippen molar-refractivity contribution in [3.8, 4) is 0 Å². The summed E-state index contributed by atoms with van der Waals surface area (Å²) >= 11 is 0. The number of rotatable bonds is 7. The topological polar surface area (TPSA) is 94.6 Å². The predicted octanol–water partition coefficient (Wildman–Crippen LogP) is 2.21. The van der Waals surface area contributed by atoms with E-state index in [0.29, 0.717) is 29.5 Å². The van der Waals surface area contributed by atoms with Gasteiger partial charge in [0, 0.05) is 19.0 Å². The van der Waals surface area contributed by atoms with Gasteiger partial charge in [-0.3, -0.25) is 9.59 Å². The van der Waals surface area contributed by atoms with Crippen molar-refractivity contribution < 1.29 is 18.7 Å². The van der Waals surface area contributed by atoms with E-state index < -0.39 is 12.6 Å². The number of carbonyl (C=O) groups excluding carboxylic acids is 2. The number of furan rings is 1. The van der Waals surface area contributed by atoms with Crippen LogP contribution in [0.4, 0.5) is 0 Å². The average molecular weight is 383 g/mol. The minimum atomic E-state index is -0.749. The summed E-state index contributed by atoms with van der Waals surface area (Å²) in [5, 5.41) is 4.96. The van der Waals surface area contributed by atoms with Gasteiger partial charge in [0.15, 0.2) is 12.3 Å². The van der Waals surface area contributed by atoms with Gasteiger partial charge in [-0.15, -0.1) is 0 Å². The van der Waals surface area contributed by atoms with Crippen LogP contribution < -0.4 is 5.56 Å². The molecule has 1 aromatic carbocycles. The van der Waals surface area contributed by atoms with E-state index in [4.69, 9.17) is 9.15 Å². The first kappa shape index (κ1) is 19.3. The molecule has 1 amide bonds. The second-order valence-electron chi connectivity index (χ2n) is 6.33. The number of amides is 1. The van der Waals surface area contributed by atoms with E-state index in [1.165, 1.54) is 15.8 Å². The molecule has 0 aliphatic rings. The molecular weight excluding hydrogens is 362 g/mol. The average Bonchev–Trinajstić information content (AvgIpc) is 3.21. The molecule has 0 spiro atoms. The van der Waals surface area contributed by atoms with Gasteiger partial charge in [-0.1, -0.05) is 25.1 Å². The maximum Gasteiger partial charge on any atom is 0.359 e. The summed E-state index contributed by atoms with van der Waals surface area (Å²) in [6.45, 7) is 2.13. The smallest absolute Gasteiger partial charge is 0.359 e. The van der Waals surface area contributed by atoms with Gasteiger partial charge in [0.2, 0.25) is 0 Å². The third kappa shape index (κ3) is 4.11. The molecule has 0 atom stereocenters. The van der Waals surface area contributed by atoms with Crippen LogP contribution in [0.5, 0.6) is 0 Å². The quantitative estimate of drug-likeness (QED) is 0.581. The highest BCUT2D eigenvalue weighted by Crippen LogP contribution is 2.14. The number of ether oxygens (including phenoxy) is 1. The van der Waals surface area contributed by atoms with E-state index in [-0.39, 0.29) is 23.7 Å². The molecule has 28 heavy (non-hydrogen) atoms. The van der Waals surface area contributed by atoms with E-state index in [2.05, 4.69) is 5.10 Å². The Hall–Kier alpha value is -3.42. The number of hydrogen-bond acceptors (Lipinski definition) is 6. The highest BCUT2D eigenvalue weighted by molar-refractivity contribution is 6.02. The fraction of sp³-hybridized carbons (Fsp3) is 0.300. The molecule has 8 nitrogen and oxygen atoms in total. The fourth-order valence-electron chi connectivity index (χ4n) is 2.78. The zero-order valence-corrected chi connectivity index (χ0v) is 15.8. The van der Waals surface area contributed by atoms with Crippen molar-refractivity contribution in [1.29, 1.82) is 0 Å². The van der Waals surface area contributed by atoms with Crippen LogP contribution in [0.3, 0.4) is 0 Å². The first-order chi connectivity index (χ1) is 13.5. The Labute approximate surface area is 161 Å². The van der Waals surface area contributed by atoms with Gasteiger partial charge in [-0.25, -0.2) is 9.48 Å². The third-order valence-electron chi connectivity index (χ3n) is 4.22. The molecule has 0 saturated heterocycles. The Bertz CT molecular complexity index is 1040. The van der Waals surface area contributed by atoms with Crippen LogP contribution in [0.25, 0.3) is 10.8 Å². The highest BCUT2D eigenvalue weighted by atomic mass is 16.5. The maximum absolute atomic E-state index is 12.6. The minimum absolute atomic E-state index is 0.0186. The zero-order valence-electron chi connectivity index (χ0n) is 15.8. The summed E-state index contributed by atoms with van der Waals surface area (Å²) < 4.78 is 11.6. The lowest BCUT2D eigenvalue weighted by Gasteiger charge is -2.16. The van der Waals surface area contributed by atoms with E-state index in [1.807, 2.05) is 6.92 Å². The summed E-state index contributed by atoms with van der Waals surface area (Å²) in [5.41, 5.74) is -0.242. The molecule has 0 N–H and O–H groups in total. The van der Waals surface area contributed by atoms with Gasteiger partial charge >= 0.3 is 5.97 Å². The Morgan fingerprint density at radius 2 is 1.93 bits per heavy atom. The van der Waals surface area contributed by atoms with Gasteiger partial charge in [0.1, 0.15) is 5.76 Å². The van der Waals surface area contributed by atoms with Crippen LogP contribution in [0.1, 0.15) is 29.6 Å². The summed E-state index contributed by atoms with van der Waals surface area (Å²) in [5.74, 6) is -0.502. The van der Waals surface area contributed by atoms with E-state index >= 15 is 0 Å². The Kier molecular flexibility index (Phi) is 5.88. The van der Waals surface area contributed by atoms with E-state index in [0.717, 1.165) is 0 Å². The van der Waals surface area contributed by atoms with Gasteiger partial charge < -0.3 is 14.1 Å². The molecular formula is C20H21N3O5. The van der Waals surface area contributed by atoms with Crippen molar-refractivity contribution in [2.45, 2.75) is 26.4 Å². The summed E-state index contributed by atoms with van der Waals surface area (Å²) in [6, 6.07) is 10.2. The van der Waals surface area contributed by atoms with E-state index in [9.17, 15) is 14.4 Å². The largest absolute Gasteiger partial charge is 0.467 e. The van der Waals surface area contributed by atoms with Gasteiger partial charge in [-0.2, -0.15) is 5.10 Å². The molecule has 0 fully saturated rings. The SMILES string of the molecule is CCCn1nc(C(=O)OCC(=O)N(C)Cc2ccco2)c2ccccc2c1=O. The highest BCUT2D eigenvalue weighted by Gasteiger charge is 2.20. The van der Waals surface area contributed by atoms with Crippen molar-refractivity contribution in [1.82, 2.24) is 14.7 Å². The normalized spacial score (nSPS) is 10.8. The van der Waals surface area contributed by atoms with Crippen molar-refractivity contribution >= 4 is 22.6 Å². The Balaban J connectivity index is 1.77. The number of fused-ring (bicyclic) bond motifs is 1. The van der Waals surface area contributed by atoms with E-state index in [1.54, 1.807) is 43.4 Å². The summed E-state index contributed by atoms with van der Waals surface area (Å²) in [4.78, 5) is 38.7. The van der Waals surface area contributed by atoms with Crippen LogP contribution in [0, 0.1) is 0 Å². The molecule has 0 bridgehead atoms. The van der Waals surface area contributed by atoms with Crippen molar-refractivity contribution in [2.75, 3.05) is 13.7 Å². The number of hydrogen-bond donors (Lipinski definition) is 0. The summed E-state index contributed by atoms with van der Waals surface area (Å²) in [6.07, 6.45) is 2.21. The van der Waals surface area contributed by atoms with Crippen LogP contribution in [-0.4, -0.2) is 40.2 Å². The molecule has 2 aromatic heterocycles. The lowest BCUT2D eigenvalue weighted by atomic mass is 10.1. The minimum Gasteiger partial charge on any atom is -0.467 e. The van der Waals surface area contributed by atoms with Crippen LogP contribution >= 0.6 is 0 Å². The van der Waals surface area contributed by atoms with Crippen LogP contribution in [-0.2, 0) is 22.6 Å². The number of aryl methyl sites for hydroxylation is 1. The molecule has 0 aliphatic carbocycles. The van der Waals surface area contributed by atoms with Gasteiger partial charge in [0.05, 0.1) is 18.2 Å². The standard InChI is InChI=1S/C20H21N3O5/c1-3-10-23-19(25)16-9-5-4-8-15(16)18(21-23)20(26)28-13-17(24)22(2)12-14-7-6-11-27-14/h4-9,11H,3,10,12-13H2,1-2H3. The number of likely N-dealkylation sites (N-methyl/N-ethyl adjacent to an activating group) is 1. The maximum atomic E-state index is 12.6. The molecule has 3 rings (SSSR count). The molecule has 0 radical (unpaired) electrons. The number of esters is 1. The predicted molar refractivity (Wildman–Crippen MR) is 102 cm³/mol. The van der Waals surface area contributed by atoms with Crippen molar-refractivity contribution in [3.05, 3.63) is 64.5 Å². The summed E-state index contributed by atoms with van der Waals surface area (Å²) in [7, 11) is 1.59. The molecule has 2 heterocycles. The first-order valence-electron chi connectivity index (χ1n) is 8.94. The lowest BCUT2D eigenvalue weighted by molar-refractivity contribution is -0.134. The second kappa shape index (κ2) is 8.51. The molecule has 0 saturated carbocycles. The first-order valence-corrected chi connectivity index (χ1v) is 8.94. The molecule has 146 valence electrons. The molecule has 0 unspecified atom stereocenters. The number of aromatic nitrogens is 2. The molecule has 3 aromatic rings. The van der Waals surface area contributed by atoms with Crippen molar-refractivity contribution in [2.24, 2.45) is 0 Å². The number of nitrogens with zero attached hydrogens (tertiary/aromatic N) is 3. The zero-order chi connectivity index (χ0) is 20.1. The number of carbonyl (C=O) groups is 2. The Morgan fingerprint density at radius 3 is 2.61 bits per heavy atom. The number of benzene rings is 1. The monoisotopic (exact) mass is 383 g/mol. The molecule has 0 aliphatic heterocycles. The van der Waals surface area contributed by atoms with Crippen LogP contribution in [0.15, 0.2) is 51.9 Å². The van der Waals surface area contributed by atoms with Crippen LogP contribution in [0.2, 0.25) is 0 Å². The van der Waals surface area contributed by atoms with Gasteiger partial charge in [-0.05, 0) is 24.6 Å². The second-order valence-corrected chi connectivity index (χ2v) is 6.33. The van der Waals surface area contributed by atoms with Crippen molar-refractivity contribution in [3.63, 3.8) is 0 Å². The molecule has 8 heteroatoms. The fourth-order valence-corrected chi connectivity index (χ4v) is 2.78.